The van der Waals surface area contributed by atoms with Crippen molar-refractivity contribution in [3.05, 3.63) is 60.2 Å². The summed E-state index contributed by atoms with van der Waals surface area (Å²) in [4.78, 5) is 14.5. The van der Waals surface area contributed by atoms with Gasteiger partial charge < -0.3 is 15.4 Å². The number of hydrogen-bond donors (Lipinski definition) is 2. The minimum absolute atomic E-state index is 0.0444. The van der Waals surface area contributed by atoms with Crippen molar-refractivity contribution in [3.63, 3.8) is 0 Å². The zero-order chi connectivity index (χ0) is 20.0. The van der Waals surface area contributed by atoms with E-state index in [1.165, 1.54) is 29.8 Å². The first-order valence-electron chi connectivity index (χ1n) is 9.35. The van der Waals surface area contributed by atoms with Crippen LogP contribution >= 0.6 is 0 Å². The van der Waals surface area contributed by atoms with Crippen molar-refractivity contribution in [3.8, 4) is 5.75 Å². The number of carbonyl (C=O) groups excluding carboxylic acids is 1. The summed E-state index contributed by atoms with van der Waals surface area (Å²) >= 11 is 0. The van der Waals surface area contributed by atoms with Gasteiger partial charge in [0.25, 0.3) is 0 Å². The van der Waals surface area contributed by atoms with E-state index in [0.717, 1.165) is 26.1 Å². The van der Waals surface area contributed by atoms with Crippen LogP contribution in [0.1, 0.15) is 18.9 Å². The van der Waals surface area contributed by atoms with Crippen LogP contribution in [0.3, 0.4) is 0 Å². The molecule has 150 valence electrons. The molecule has 0 bridgehead atoms. The van der Waals surface area contributed by atoms with Gasteiger partial charge in [0, 0.05) is 32.2 Å². The molecule has 1 aliphatic heterocycles. The molecule has 0 saturated carbocycles. The quantitative estimate of drug-likeness (QED) is 0.742. The van der Waals surface area contributed by atoms with Crippen molar-refractivity contribution >= 4 is 11.7 Å². The van der Waals surface area contributed by atoms with Gasteiger partial charge in [0.2, 0.25) is 0 Å². The molecule has 1 fully saturated rings. The summed E-state index contributed by atoms with van der Waals surface area (Å²) in [6, 6.07) is 15.9. The van der Waals surface area contributed by atoms with Crippen LogP contribution < -0.4 is 15.4 Å². The van der Waals surface area contributed by atoms with Crippen LogP contribution in [0.4, 0.5) is 19.3 Å². The van der Waals surface area contributed by atoms with Gasteiger partial charge in [-0.3, -0.25) is 4.90 Å². The Morgan fingerprint density at radius 1 is 1.18 bits per heavy atom. The average molecular weight is 389 g/mol. The normalized spacial score (nSPS) is 17.3. The highest BCUT2D eigenvalue weighted by molar-refractivity contribution is 5.89. The van der Waals surface area contributed by atoms with Crippen LogP contribution in [-0.2, 0) is 6.54 Å². The predicted octanol–water partition coefficient (Wildman–Crippen LogP) is 4.32. The van der Waals surface area contributed by atoms with E-state index in [0.29, 0.717) is 25.1 Å². The predicted molar refractivity (Wildman–Crippen MR) is 105 cm³/mol. The van der Waals surface area contributed by atoms with Gasteiger partial charge in [0.1, 0.15) is 5.75 Å². The smallest absolute Gasteiger partial charge is 0.394 e. The zero-order valence-electron chi connectivity index (χ0n) is 15.8. The Morgan fingerprint density at radius 3 is 2.57 bits per heavy atom. The summed E-state index contributed by atoms with van der Waals surface area (Å²) in [5.74, 6) is 0.458. The van der Waals surface area contributed by atoms with E-state index in [1.807, 2.05) is 18.2 Å². The Bertz CT molecular complexity index is 763. The largest absolute Gasteiger partial charge is 0.433 e. The van der Waals surface area contributed by atoms with E-state index >= 15 is 0 Å². The highest BCUT2D eigenvalue weighted by Gasteiger charge is 2.24. The molecule has 2 N–H and O–H groups in total. The average Bonchev–Trinajstić information content (AvgIpc) is 3.09. The van der Waals surface area contributed by atoms with Crippen molar-refractivity contribution in [2.45, 2.75) is 26.0 Å². The minimum Gasteiger partial charge on any atom is -0.433 e. The first kappa shape index (κ1) is 20.1. The molecule has 0 radical (unpaired) electrons. The van der Waals surface area contributed by atoms with E-state index in [2.05, 4.69) is 32.4 Å². The van der Waals surface area contributed by atoms with E-state index in [4.69, 9.17) is 0 Å². The number of ether oxygens (including phenoxy) is 1. The fraction of sp³-hybridized carbons (Fsp3) is 0.381. The van der Waals surface area contributed by atoms with Crippen LogP contribution in [0.5, 0.6) is 5.75 Å². The molecular formula is C21H25F2N3O2. The molecule has 5 nitrogen and oxygen atoms in total. The number of benzene rings is 2. The number of hydrogen-bond acceptors (Lipinski definition) is 3. The van der Waals surface area contributed by atoms with Gasteiger partial charge in [-0.1, -0.05) is 30.3 Å². The first-order valence-corrected chi connectivity index (χ1v) is 9.35. The zero-order valence-corrected chi connectivity index (χ0v) is 15.8. The number of alkyl halides is 2. The Kier molecular flexibility index (Phi) is 6.46. The van der Waals surface area contributed by atoms with Gasteiger partial charge in [0.15, 0.2) is 0 Å². The Hall–Kier alpha value is -2.67. The number of urea groups is 1. The highest BCUT2D eigenvalue weighted by Crippen LogP contribution is 2.22. The highest BCUT2D eigenvalue weighted by atomic mass is 19.3. The van der Waals surface area contributed by atoms with E-state index in [9.17, 15) is 13.6 Å². The minimum atomic E-state index is -3.23. The molecular weight excluding hydrogens is 364 g/mol. The SMILES string of the molecule is CC(F)(F)Oc1ccc(NC(=O)NCC2CCN(Cc3ccccc3)C2)cc1. The van der Waals surface area contributed by atoms with Crippen LogP contribution in [0, 0.1) is 5.92 Å². The monoisotopic (exact) mass is 389 g/mol. The van der Waals surface area contributed by atoms with Gasteiger partial charge in [-0.15, -0.1) is 0 Å². The van der Waals surface area contributed by atoms with Crippen LogP contribution in [0.25, 0.3) is 0 Å². The topological polar surface area (TPSA) is 53.6 Å². The van der Waals surface area contributed by atoms with Gasteiger partial charge in [0.05, 0.1) is 0 Å². The summed E-state index contributed by atoms with van der Waals surface area (Å²) in [5, 5.41) is 5.58. The molecule has 7 heteroatoms. The van der Waals surface area contributed by atoms with E-state index in [1.54, 1.807) is 0 Å². The lowest BCUT2D eigenvalue weighted by atomic mass is 10.1. The number of nitrogens with zero attached hydrogens (tertiary/aromatic N) is 1. The van der Waals surface area contributed by atoms with Crippen LogP contribution in [0.15, 0.2) is 54.6 Å². The molecule has 2 aromatic carbocycles. The second kappa shape index (κ2) is 9.01. The van der Waals surface area contributed by atoms with E-state index < -0.39 is 6.11 Å². The lowest BCUT2D eigenvalue weighted by Gasteiger charge is -2.16. The third-order valence-corrected chi connectivity index (χ3v) is 4.58. The fourth-order valence-corrected chi connectivity index (χ4v) is 3.29. The molecule has 1 unspecified atom stereocenters. The molecule has 1 aliphatic rings. The third-order valence-electron chi connectivity index (χ3n) is 4.58. The van der Waals surface area contributed by atoms with Crippen molar-refractivity contribution < 1.29 is 18.3 Å². The molecule has 0 spiro atoms. The Labute approximate surface area is 163 Å². The number of likely N-dealkylation sites (tertiary alicyclic amines) is 1. The third kappa shape index (κ3) is 6.49. The number of carbonyl (C=O) groups is 1. The van der Waals surface area contributed by atoms with Crippen molar-refractivity contribution in [2.24, 2.45) is 5.92 Å². The van der Waals surface area contributed by atoms with Gasteiger partial charge >= 0.3 is 12.1 Å². The summed E-state index contributed by atoms with van der Waals surface area (Å²) in [6.45, 7) is 4.17. The van der Waals surface area contributed by atoms with Crippen molar-refractivity contribution in [2.75, 3.05) is 25.0 Å². The fourth-order valence-electron chi connectivity index (χ4n) is 3.29. The molecule has 0 aromatic heterocycles. The van der Waals surface area contributed by atoms with Crippen LogP contribution in [-0.4, -0.2) is 36.7 Å². The maximum Gasteiger partial charge on any atom is 0.394 e. The van der Waals surface area contributed by atoms with E-state index in [-0.39, 0.29) is 11.8 Å². The second-order valence-corrected chi connectivity index (χ2v) is 7.14. The van der Waals surface area contributed by atoms with Crippen LogP contribution in [0.2, 0.25) is 0 Å². The maximum absolute atomic E-state index is 12.8. The van der Waals surface area contributed by atoms with Gasteiger partial charge in [-0.2, -0.15) is 8.78 Å². The van der Waals surface area contributed by atoms with Gasteiger partial charge in [-0.25, -0.2) is 4.79 Å². The maximum atomic E-state index is 12.8. The van der Waals surface area contributed by atoms with Crippen molar-refractivity contribution in [1.29, 1.82) is 0 Å². The number of halogens is 2. The molecule has 1 saturated heterocycles. The summed E-state index contributed by atoms with van der Waals surface area (Å²) < 4.78 is 30.1. The summed E-state index contributed by atoms with van der Waals surface area (Å²) in [6.07, 6.45) is -2.19. The molecule has 1 atom stereocenters. The first-order chi connectivity index (χ1) is 13.4. The number of rotatable bonds is 7. The Balaban J connectivity index is 1.39. The summed E-state index contributed by atoms with van der Waals surface area (Å²) in [5.41, 5.74) is 1.81. The molecule has 3 rings (SSSR count). The lowest BCUT2D eigenvalue weighted by molar-refractivity contribution is -0.158. The standard InChI is InChI=1S/C21H25F2N3O2/c1-21(22,23)28-19-9-7-18(8-10-19)25-20(27)24-13-17-11-12-26(15-17)14-16-5-3-2-4-6-16/h2-10,17H,11-15H2,1H3,(H2,24,25,27). The second-order valence-electron chi connectivity index (χ2n) is 7.14. The molecule has 1 heterocycles. The summed E-state index contributed by atoms with van der Waals surface area (Å²) in [7, 11) is 0. The van der Waals surface area contributed by atoms with Gasteiger partial charge in [-0.05, 0) is 48.7 Å². The molecule has 28 heavy (non-hydrogen) atoms. The number of amides is 2. The van der Waals surface area contributed by atoms with Crippen molar-refractivity contribution in [1.82, 2.24) is 10.2 Å². The molecule has 2 amide bonds. The molecule has 0 aliphatic carbocycles. The number of nitrogens with one attached hydrogen (secondary N) is 2. The lowest BCUT2D eigenvalue weighted by Crippen LogP contribution is -2.34. The Morgan fingerprint density at radius 2 is 1.89 bits per heavy atom. The molecule has 2 aromatic rings. The number of anilines is 1.